The quantitative estimate of drug-likeness (QED) is 0.0408. The number of rotatable bonds is 12. The van der Waals surface area contributed by atoms with Gasteiger partial charge in [-0.05, 0) is 42.0 Å². The SMILES string of the molecule is O=CCC(=O)C1CC(O)C(O)C(Oc2cc(=O)cc3oc(-c4cc(O)c(O)c(O)c4)c(OC4OC(CC(=O)C=Cc5ccc(O)cc5)C(O)C(O)C4O)cc2-3)O1. The van der Waals surface area contributed by atoms with Gasteiger partial charge in [-0.15, -0.1) is 0 Å². The second-order valence-corrected chi connectivity index (χ2v) is 13.1. The van der Waals surface area contributed by atoms with E-state index in [1.165, 1.54) is 30.4 Å². The maximum Gasteiger partial charge on any atom is 0.229 e. The molecule has 0 saturated carbocycles. The summed E-state index contributed by atoms with van der Waals surface area (Å²) in [6, 6.07) is 10.9. The summed E-state index contributed by atoms with van der Waals surface area (Å²) in [7, 11) is 0. The molecule has 0 amide bonds. The van der Waals surface area contributed by atoms with Gasteiger partial charge in [0.2, 0.25) is 12.6 Å². The number of hydrogen-bond donors (Lipinski definition) is 9. The molecule has 9 N–H and O–H groups in total. The number of aromatic hydroxyl groups is 4. The van der Waals surface area contributed by atoms with E-state index in [0.717, 1.165) is 24.3 Å². The molecule has 0 bridgehead atoms. The molecule has 3 heterocycles. The number of carbonyl (C=O) groups is 3. The van der Waals surface area contributed by atoms with Crippen molar-refractivity contribution in [1.82, 2.24) is 0 Å². The lowest BCUT2D eigenvalue weighted by molar-refractivity contribution is -0.271. The fourth-order valence-corrected chi connectivity index (χ4v) is 6.11. The molecule has 2 saturated heterocycles. The average molecular weight is 781 g/mol. The number of benzene rings is 3. The fraction of sp³-hybridized carbons (Fsp3) is 0.316. The number of aliphatic hydroxyl groups is 5. The molecule has 6 rings (SSSR count). The van der Waals surface area contributed by atoms with Gasteiger partial charge < -0.3 is 74.1 Å². The number of fused-ring (bicyclic) bond motifs is 1. The summed E-state index contributed by atoms with van der Waals surface area (Å²) < 4.78 is 29.1. The van der Waals surface area contributed by atoms with Gasteiger partial charge in [-0.25, -0.2) is 0 Å². The molecule has 0 spiro atoms. The van der Waals surface area contributed by atoms with E-state index in [1.54, 1.807) is 12.1 Å². The molecule has 2 aromatic carbocycles. The second-order valence-electron chi connectivity index (χ2n) is 13.1. The zero-order valence-electron chi connectivity index (χ0n) is 28.9. The van der Waals surface area contributed by atoms with Crippen LogP contribution >= 0.6 is 0 Å². The highest BCUT2D eigenvalue weighted by atomic mass is 16.7. The lowest BCUT2D eigenvalue weighted by Gasteiger charge is -2.40. The molecule has 9 atom stereocenters. The summed E-state index contributed by atoms with van der Waals surface area (Å²) in [6.45, 7) is 0. The topological polar surface area (TPSA) is 300 Å². The minimum atomic E-state index is -1.97. The number of phenols is 4. The van der Waals surface area contributed by atoms with Gasteiger partial charge in [0.25, 0.3) is 0 Å². The zero-order chi connectivity index (χ0) is 40.4. The van der Waals surface area contributed by atoms with Crippen LogP contribution in [-0.2, 0) is 23.9 Å². The van der Waals surface area contributed by atoms with Gasteiger partial charge >= 0.3 is 0 Å². The van der Waals surface area contributed by atoms with Crippen LogP contribution in [0, 0.1) is 0 Å². The van der Waals surface area contributed by atoms with Crippen LogP contribution in [0.3, 0.4) is 0 Å². The van der Waals surface area contributed by atoms with Gasteiger partial charge in [0.15, 0.2) is 45.8 Å². The first-order valence-electron chi connectivity index (χ1n) is 17.0. The molecule has 18 heteroatoms. The largest absolute Gasteiger partial charge is 0.508 e. The van der Waals surface area contributed by atoms with Gasteiger partial charge in [-0.2, -0.15) is 0 Å². The molecule has 2 fully saturated rings. The number of hydrogen-bond acceptors (Lipinski definition) is 18. The van der Waals surface area contributed by atoms with Crippen molar-refractivity contribution in [2.75, 3.05) is 0 Å². The van der Waals surface area contributed by atoms with Crippen LogP contribution in [0.4, 0.5) is 0 Å². The fourth-order valence-electron chi connectivity index (χ4n) is 6.11. The van der Waals surface area contributed by atoms with E-state index in [1.807, 2.05) is 0 Å². The predicted molar refractivity (Wildman–Crippen MR) is 188 cm³/mol. The van der Waals surface area contributed by atoms with Crippen LogP contribution < -0.4 is 14.9 Å². The summed E-state index contributed by atoms with van der Waals surface area (Å²) in [5.74, 6) is -5.13. The van der Waals surface area contributed by atoms with Crippen molar-refractivity contribution < 1.29 is 83.7 Å². The lowest BCUT2D eigenvalue weighted by atomic mass is 9.95. The number of ketones is 2. The van der Waals surface area contributed by atoms with Crippen molar-refractivity contribution in [2.45, 2.75) is 74.6 Å². The van der Waals surface area contributed by atoms with Crippen molar-refractivity contribution in [3.63, 3.8) is 0 Å². The number of ether oxygens (including phenoxy) is 4. The van der Waals surface area contributed by atoms with E-state index in [0.29, 0.717) is 11.8 Å². The number of allylic oxidation sites excluding steroid dienone is 1. The highest BCUT2D eigenvalue weighted by Gasteiger charge is 2.46. The number of aldehydes is 1. The molecule has 2 aromatic rings. The zero-order valence-corrected chi connectivity index (χ0v) is 28.9. The summed E-state index contributed by atoms with van der Waals surface area (Å²) in [4.78, 5) is 49.1. The van der Waals surface area contributed by atoms with Crippen LogP contribution in [0.25, 0.3) is 28.7 Å². The Morgan fingerprint density at radius 2 is 1.45 bits per heavy atom. The number of phenolic OH excluding ortho intramolecular Hbond substituents is 4. The summed E-state index contributed by atoms with van der Waals surface area (Å²) >= 11 is 0. The van der Waals surface area contributed by atoms with Crippen LogP contribution in [0.5, 0.6) is 34.5 Å². The molecular weight excluding hydrogens is 744 g/mol. The second kappa shape index (κ2) is 16.5. The van der Waals surface area contributed by atoms with Gasteiger partial charge in [0, 0.05) is 30.5 Å². The average Bonchev–Trinajstić information content (AvgIpc) is 3.16. The Labute approximate surface area is 315 Å². The Morgan fingerprint density at radius 1 is 0.786 bits per heavy atom. The molecule has 296 valence electrons. The maximum absolute atomic E-state index is 12.9. The first-order chi connectivity index (χ1) is 26.6. The maximum atomic E-state index is 12.9. The molecule has 0 radical (unpaired) electrons. The van der Waals surface area contributed by atoms with Crippen molar-refractivity contribution in [1.29, 1.82) is 0 Å². The van der Waals surface area contributed by atoms with Crippen molar-refractivity contribution in [3.8, 4) is 57.1 Å². The molecular formula is C38H36O18. The van der Waals surface area contributed by atoms with Gasteiger partial charge in [-0.1, -0.05) is 18.2 Å². The van der Waals surface area contributed by atoms with E-state index in [2.05, 4.69) is 0 Å². The van der Waals surface area contributed by atoms with E-state index in [-0.39, 0.29) is 40.6 Å². The third-order valence-electron chi connectivity index (χ3n) is 9.10. The third kappa shape index (κ3) is 8.51. The Hall–Kier alpha value is -5.86. The monoisotopic (exact) mass is 780 g/mol. The highest BCUT2D eigenvalue weighted by Crippen LogP contribution is 2.46. The minimum Gasteiger partial charge on any atom is -0.508 e. The van der Waals surface area contributed by atoms with Crippen molar-refractivity contribution >= 4 is 23.9 Å². The molecule has 3 aliphatic heterocycles. The highest BCUT2D eigenvalue weighted by molar-refractivity contribution is 5.94. The summed E-state index contributed by atoms with van der Waals surface area (Å²) in [5, 5.41) is 93.6. The van der Waals surface area contributed by atoms with Crippen LogP contribution in [0.1, 0.15) is 24.8 Å². The van der Waals surface area contributed by atoms with Gasteiger partial charge in [-0.3, -0.25) is 14.4 Å². The van der Waals surface area contributed by atoms with Crippen molar-refractivity contribution in [3.05, 3.63) is 76.5 Å². The minimum absolute atomic E-state index is 0.0150. The van der Waals surface area contributed by atoms with E-state index < -0.39 is 108 Å². The molecule has 18 nitrogen and oxygen atoms in total. The predicted octanol–water partition coefficient (Wildman–Crippen LogP) is 0.467. The first-order valence-corrected chi connectivity index (χ1v) is 17.0. The molecule has 0 aromatic heterocycles. The molecule has 4 aliphatic rings. The summed E-state index contributed by atoms with van der Waals surface area (Å²) in [5.41, 5.74) is -0.423. The Morgan fingerprint density at radius 3 is 2.12 bits per heavy atom. The molecule has 56 heavy (non-hydrogen) atoms. The number of Topliss-reactive ketones (excluding diaryl/α,β-unsaturated/α-hetero) is 1. The first kappa shape index (κ1) is 39.8. The summed E-state index contributed by atoms with van der Waals surface area (Å²) in [6.07, 6.45) is -13.9. The number of carbonyl (C=O) groups excluding carboxylic acids is 3. The third-order valence-corrected chi connectivity index (χ3v) is 9.10. The van der Waals surface area contributed by atoms with Crippen LogP contribution in [-0.4, -0.2) is 119 Å². The van der Waals surface area contributed by atoms with Crippen LogP contribution in [0.15, 0.2) is 69.9 Å². The van der Waals surface area contributed by atoms with Crippen molar-refractivity contribution in [2.24, 2.45) is 0 Å². The Balaban J connectivity index is 1.37. The molecule has 9 unspecified atom stereocenters. The molecule has 1 aliphatic carbocycles. The smallest absolute Gasteiger partial charge is 0.229 e. The van der Waals surface area contributed by atoms with Gasteiger partial charge in [0.05, 0.1) is 24.2 Å². The Kier molecular flexibility index (Phi) is 11.7. The van der Waals surface area contributed by atoms with Gasteiger partial charge in [0.1, 0.15) is 54.1 Å². The van der Waals surface area contributed by atoms with E-state index >= 15 is 0 Å². The Bertz CT molecular complexity index is 2120. The van der Waals surface area contributed by atoms with Crippen LogP contribution in [0.2, 0.25) is 0 Å². The normalized spacial score (nSPS) is 26.6. The van der Waals surface area contributed by atoms with E-state index in [9.17, 15) is 65.1 Å². The lowest BCUT2D eigenvalue weighted by Crippen LogP contribution is -2.59. The number of aliphatic hydroxyl groups excluding tert-OH is 5. The standard InChI is InChI=1S/C38H36O18/c39-8-7-22(43)28-15-25(46)32(48)37(54-28)53-27-13-20(42)12-26-21(27)14-30(36(52-26)17-9-23(44)31(47)24(45)10-17)56-38-35(51)34(50)33(49)29(55-38)11-19(41)6-3-16-1-4-18(40)5-2-16/h1-6,8-10,12-14,25,28-29,32-35,37-38,40,44-51H,7,11,15H2. The van der Waals surface area contributed by atoms with E-state index in [4.69, 9.17) is 23.4 Å².